The van der Waals surface area contributed by atoms with E-state index < -0.39 is 21.1 Å². The van der Waals surface area contributed by atoms with Crippen molar-refractivity contribution in [1.82, 2.24) is 9.80 Å². The third-order valence-electron chi connectivity index (χ3n) is 4.61. The summed E-state index contributed by atoms with van der Waals surface area (Å²) < 4.78 is 23.2. The van der Waals surface area contributed by atoms with Crippen LogP contribution in [-0.4, -0.2) is 67.7 Å². The summed E-state index contributed by atoms with van der Waals surface area (Å²) in [6.07, 6.45) is 5.60. The number of sulfone groups is 1. The second-order valence-corrected chi connectivity index (χ2v) is 8.66. The lowest BCUT2D eigenvalue weighted by molar-refractivity contribution is -0.141. The molecule has 7 heteroatoms. The van der Waals surface area contributed by atoms with Gasteiger partial charge >= 0.3 is 0 Å². The average molecular weight is 332 g/mol. The Kier molecular flexibility index (Phi) is 6.84. The van der Waals surface area contributed by atoms with Gasteiger partial charge in [0.15, 0.2) is 9.84 Å². The van der Waals surface area contributed by atoms with Crippen LogP contribution in [0.1, 0.15) is 46.0 Å². The zero-order valence-corrected chi connectivity index (χ0v) is 14.9. The summed E-state index contributed by atoms with van der Waals surface area (Å²) in [5.41, 5.74) is 0. The first-order valence-corrected chi connectivity index (χ1v) is 9.82. The van der Waals surface area contributed by atoms with Gasteiger partial charge in [0.25, 0.3) is 0 Å². The molecule has 128 valence electrons. The van der Waals surface area contributed by atoms with E-state index in [0.717, 1.165) is 25.7 Å². The zero-order valence-electron chi connectivity index (χ0n) is 14.0. The van der Waals surface area contributed by atoms with E-state index in [0.29, 0.717) is 13.0 Å². The summed E-state index contributed by atoms with van der Waals surface area (Å²) in [6.45, 7) is 3.97. The molecule has 1 aliphatic rings. The zero-order chi connectivity index (χ0) is 16.9. The number of hydrogen-bond donors (Lipinski definition) is 0. The summed E-state index contributed by atoms with van der Waals surface area (Å²) >= 11 is 0. The molecule has 1 saturated heterocycles. The molecule has 0 spiro atoms. The molecule has 0 aromatic carbocycles. The largest absolute Gasteiger partial charge is 0.340 e. The van der Waals surface area contributed by atoms with Crippen LogP contribution in [-0.2, 0) is 19.4 Å². The molecule has 0 bridgehead atoms. The first-order valence-electron chi connectivity index (χ1n) is 7.87. The number of likely N-dealkylation sites (N-methyl/N-ethyl adjacent to an activating group) is 1. The van der Waals surface area contributed by atoms with E-state index in [9.17, 15) is 18.0 Å². The molecule has 1 heterocycles. The molecular formula is C15H28N2O4S. The smallest absolute Gasteiger partial charge is 0.242 e. The van der Waals surface area contributed by atoms with E-state index in [1.165, 1.54) is 11.2 Å². The lowest BCUT2D eigenvalue weighted by Crippen LogP contribution is -2.49. The van der Waals surface area contributed by atoms with Gasteiger partial charge in [0.2, 0.25) is 11.8 Å². The molecule has 2 atom stereocenters. The molecule has 22 heavy (non-hydrogen) atoms. The van der Waals surface area contributed by atoms with Crippen LogP contribution in [0.15, 0.2) is 0 Å². The number of hydrogen-bond acceptors (Lipinski definition) is 4. The van der Waals surface area contributed by atoms with Crippen molar-refractivity contribution >= 4 is 21.7 Å². The van der Waals surface area contributed by atoms with Crippen LogP contribution in [0, 0.1) is 0 Å². The van der Waals surface area contributed by atoms with Gasteiger partial charge in [-0.2, -0.15) is 0 Å². The van der Waals surface area contributed by atoms with Gasteiger partial charge < -0.3 is 9.80 Å². The normalized spacial score (nSPS) is 20.0. The maximum absolute atomic E-state index is 12.4. The number of carbonyl (C=O) groups is 2. The highest BCUT2D eigenvalue weighted by Gasteiger charge is 2.29. The average Bonchev–Trinajstić information content (AvgIpc) is 2.43. The van der Waals surface area contributed by atoms with Crippen molar-refractivity contribution < 1.29 is 18.0 Å². The molecule has 0 aromatic rings. The van der Waals surface area contributed by atoms with Crippen molar-refractivity contribution in [2.75, 3.05) is 26.4 Å². The number of rotatable bonds is 5. The SMILES string of the molecule is C[C@@H]([C@H](C)S(C)(=O)=O)N(C)C(=O)CN1CCCCCCC1=O. The highest BCUT2D eigenvalue weighted by Crippen LogP contribution is 2.14. The van der Waals surface area contributed by atoms with E-state index in [4.69, 9.17) is 0 Å². The molecule has 2 amide bonds. The van der Waals surface area contributed by atoms with Gasteiger partial charge in [0, 0.05) is 32.3 Å². The Balaban J connectivity index is 2.67. The van der Waals surface area contributed by atoms with Crippen molar-refractivity contribution in [1.29, 1.82) is 0 Å². The van der Waals surface area contributed by atoms with Crippen LogP contribution in [0.4, 0.5) is 0 Å². The van der Waals surface area contributed by atoms with Crippen molar-refractivity contribution in [3.63, 3.8) is 0 Å². The maximum atomic E-state index is 12.4. The van der Waals surface area contributed by atoms with Crippen molar-refractivity contribution in [3.05, 3.63) is 0 Å². The van der Waals surface area contributed by atoms with Crippen LogP contribution < -0.4 is 0 Å². The van der Waals surface area contributed by atoms with Gasteiger partial charge in [-0.25, -0.2) is 8.42 Å². The van der Waals surface area contributed by atoms with Crippen molar-refractivity contribution in [2.45, 2.75) is 57.2 Å². The minimum absolute atomic E-state index is 0.0188. The second kappa shape index (κ2) is 7.94. The monoisotopic (exact) mass is 332 g/mol. The van der Waals surface area contributed by atoms with Crippen LogP contribution in [0.2, 0.25) is 0 Å². The third-order valence-corrected chi connectivity index (χ3v) is 6.35. The Labute approximate surface area is 133 Å². The first kappa shape index (κ1) is 18.9. The molecule has 1 aliphatic heterocycles. The second-order valence-electron chi connectivity index (χ2n) is 6.26. The number of amides is 2. The van der Waals surface area contributed by atoms with E-state index >= 15 is 0 Å². The molecule has 0 unspecified atom stereocenters. The molecular weight excluding hydrogens is 304 g/mol. The molecule has 1 fully saturated rings. The van der Waals surface area contributed by atoms with Gasteiger partial charge in [0.1, 0.15) is 0 Å². The Hall–Kier alpha value is -1.11. The third kappa shape index (κ3) is 5.26. The van der Waals surface area contributed by atoms with Crippen LogP contribution in [0.5, 0.6) is 0 Å². The quantitative estimate of drug-likeness (QED) is 0.754. The van der Waals surface area contributed by atoms with E-state index in [-0.39, 0.29) is 18.4 Å². The highest BCUT2D eigenvalue weighted by atomic mass is 32.2. The van der Waals surface area contributed by atoms with Crippen LogP contribution in [0.3, 0.4) is 0 Å². The minimum Gasteiger partial charge on any atom is -0.340 e. The summed E-state index contributed by atoms with van der Waals surface area (Å²) in [4.78, 5) is 27.5. The van der Waals surface area contributed by atoms with Crippen LogP contribution >= 0.6 is 0 Å². The van der Waals surface area contributed by atoms with Gasteiger partial charge in [0.05, 0.1) is 11.8 Å². The van der Waals surface area contributed by atoms with E-state index in [2.05, 4.69) is 0 Å². The summed E-state index contributed by atoms with van der Waals surface area (Å²) in [5, 5.41) is -0.635. The molecule has 0 saturated carbocycles. The molecule has 0 N–H and O–H groups in total. The molecule has 1 rings (SSSR count). The fourth-order valence-corrected chi connectivity index (χ4v) is 3.46. The van der Waals surface area contributed by atoms with Gasteiger partial charge in [-0.15, -0.1) is 0 Å². The predicted molar refractivity (Wildman–Crippen MR) is 86.2 cm³/mol. The molecule has 0 aromatic heterocycles. The van der Waals surface area contributed by atoms with Gasteiger partial charge in [-0.1, -0.05) is 12.8 Å². The Morgan fingerprint density at radius 3 is 2.41 bits per heavy atom. The maximum Gasteiger partial charge on any atom is 0.242 e. The standard InChI is InChI=1S/C15H28N2O4S/c1-12(13(2)22(4,20)21)16(3)15(19)11-17-10-8-6-5-7-9-14(17)18/h12-13H,5-11H2,1-4H3/t12-,13-/m0/s1. The minimum atomic E-state index is -3.21. The van der Waals surface area contributed by atoms with Crippen molar-refractivity contribution in [2.24, 2.45) is 0 Å². The highest BCUT2D eigenvalue weighted by molar-refractivity contribution is 7.91. The van der Waals surface area contributed by atoms with E-state index in [1.807, 2.05) is 0 Å². The Morgan fingerprint density at radius 2 is 1.82 bits per heavy atom. The predicted octanol–water partition coefficient (Wildman–Crippen LogP) is 1.06. The van der Waals surface area contributed by atoms with Crippen LogP contribution in [0.25, 0.3) is 0 Å². The molecule has 0 radical (unpaired) electrons. The Morgan fingerprint density at radius 1 is 1.23 bits per heavy atom. The molecule has 0 aliphatic carbocycles. The number of likely N-dealkylation sites (tertiary alicyclic amines) is 1. The first-order chi connectivity index (χ1) is 10.1. The molecule has 6 nitrogen and oxygen atoms in total. The fourth-order valence-electron chi connectivity index (χ4n) is 2.56. The number of nitrogens with zero attached hydrogens (tertiary/aromatic N) is 2. The number of carbonyl (C=O) groups excluding carboxylic acids is 2. The Bertz CT molecular complexity index is 504. The fraction of sp³-hybridized carbons (Fsp3) is 0.867. The lowest BCUT2D eigenvalue weighted by Gasteiger charge is -2.32. The van der Waals surface area contributed by atoms with Gasteiger partial charge in [-0.3, -0.25) is 9.59 Å². The lowest BCUT2D eigenvalue weighted by atomic mass is 10.1. The summed E-state index contributed by atoms with van der Waals surface area (Å²) in [6, 6.07) is -0.424. The summed E-state index contributed by atoms with van der Waals surface area (Å²) in [5.74, 6) is -0.192. The van der Waals surface area contributed by atoms with Crippen molar-refractivity contribution in [3.8, 4) is 0 Å². The van der Waals surface area contributed by atoms with E-state index in [1.54, 1.807) is 25.8 Å². The summed E-state index contributed by atoms with van der Waals surface area (Å²) in [7, 11) is -1.61. The van der Waals surface area contributed by atoms with Gasteiger partial charge in [-0.05, 0) is 26.7 Å². The topological polar surface area (TPSA) is 74.8 Å².